The monoisotopic (exact) mass is 352 g/mol. The second-order valence-corrected chi connectivity index (χ2v) is 6.42. The van der Waals surface area contributed by atoms with E-state index in [0.717, 1.165) is 18.7 Å². The molecule has 1 heterocycles. The summed E-state index contributed by atoms with van der Waals surface area (Å²) in [5.74, 6) is 0.975. The normalized spacial score (nSPS) is 13.7. The van der Waals surface area contributed by atoms with Crippen molar-refractivity contribution in [2.45, 2.75) is 25.9 Å². The number of rotatable bonds is 3. The van der Waals surface area contributed by atoms with Gasteiger partial charge in [-0.2, -0.15) is 0 Å². The number of hydrogen-bond donors (Lipinski definition) is 0. The van der Waals surface area contributed by atoms with E-state index in [4.69, 9.17) is 4.74 Å². The third-order valence-electron chi connectivity index (χ3n) is 4.73. The molecular formula is C22H23ClNO+. The molecule has 25 heavy (non-hydrogen) atoms. The molecule has 0 unspecified atom stereocenters. The van der Waals surface area contributed by atoms with Crippen molar-refractivity contribution in [2.24, 2.45) is 0 Å². The van der Waals surface area contributed by atoms with Crippen molar-refractivity contribution in [1.29, 1.82) is 0 Å². The van der Waals surface area contributed by atoms with Crippen LogP contribution in [0, 0.1) is 0 Å². The summed E-state index contributed by atoms with van der Waals surface area (Å²) in [4.78, 5) is 0. The van der Waals surface area contributed by atoms with Gasteiger partial charge in [-0.15, -0.1) is 12.4 Å². The molecule has 4 rings (SSSR count). The van der Waals surface area contributed by atoms with Crippen molar-refractivity contribution in [1.82, 2.24) is 0 Å². The van der Waals surface area contributed by atoms with Crippen molar-refractivity contribution in [3.05, 3.63) is 71.8 Å². The molecule has 1 aliphatic heterocycles. The van der Waals surface area contributed by atoms with E-state index < -0.39 is 0 Å². The van der Waals surface area contributed by atoms with Crippen LogP contribution in [0.25, 0.3) is 10.8 Å². The fourth-order valence-corrected chi connectivity index (χ4v) is 3.53. The van der Waals surface area contributed by atoms with Gasteiger partial charge in [0.05, 0.1) is 5.39 Å². The molecule has 3 aromatic carbocycles. The molecule has 3 heteroatoms. The molecule has 128 valence electrons. The maximum atomic E-state index is 6.21. The highest BCUT2D eigenvalue weighted by Crippen LogP contribution is 2.38. The average molecular weight is 353 g/mol. The highest BCUT2D eigenvalue weighted by atomic mass is 35.5. The largest absolute Gasteiger partial charge is 0.488 e. The summed E-state index contributed by atoms with van der Waals surface area (Å²) < 4.78 is 8.37. The second kappa shape index (κ2) is 7.71. The first kappa shape index (κ1) is 17.5. The van der Waals surface area contributed by atoms with Gasteiger partial charge in [0.2, 0.25) is 5.69 Å². The molecule has 0 saturated carbocycles. The van der Waals surface area contributed by atoms with E-state index in [-0.39, 0.29) is 12.4 Å². The Morgan fingerprint density at radius 2 is 1.64 bits per heavy atom. The van der Waals surface area contributed by atoms with Gasteiger partial charge in [-0.3, -0.25) is 0 Å². The van der Waals surface area contributed by atoms with E-state index >= 15 is 0 Å². The lowest BCUT2D eigenvalue weighted by atomic mass is 10.00. The Labute approximate surface area is 155 Å². The maximum Gasteiger partial charge on any atom is 0.216 e. The number of benzene rings is 3. The Balaban J connectivity index is 0.00000182. The molecule has 1 aliphatic rings. The molecule has 0 aliphatic carbocycles. The molecule has 0 fully saturated rings. The molecule has 0 aromatic heterocycles. The summed E-state index contributed by atoms with van der Waals surface area (Å²) in [5.41, 5.74) is 3.81. The third kappa shape index (κ3) is 3.54. The minimum absolute atomic E-state index is 0. The van der Waals surface area contributed by atoms with Crippen molar-refractivity contribution < 1.29 is 9.31 Å². The molecule has 2 nitrogen and oxygen atoms in total. The van der Waals surface area contributed by atoms with Crippen LogP contribution in [0.3, 0.4) is 0 Å². The molecule has 0 N–H and O–H groups in total. The third-order valence-corrected chi connectivity index (χ3v) is 4.73. The molecular weight excluding hydrogens is 330 g/mol. The molecule has 0 bridgehead atoms. The molecule has 0 radical (unpaired) electrons. The summed E-state index contributed by atoms with van der Waals surface area (Å²) in [7, 11) is 0. The van der Waals surface area contributed by atoms with Crippen molar-refractivity contribution >= 4 is 35.6 Å². The highest BCUT2D eigenvalue weighted by molar-refractivity contribution is 5.97. The van der Waals surface area contributed by atoms with Crippen LogP contribution in [0.15, 0.2) is 60.7 Å². The smallest absolute Gasteiger partial charge is 0.216 e. The first-order valence-electron chi connectivity index (χ1n) is 8.62. The van der Waals surface area contributed by atoms with Gasteiger partial charge >= 0.3 is 0 Å². The quantitative estimate of drug-likeness (QED) is 0.565. The van der Waals surface area contributed by atoms with Gasteiger partial charge in [0.25, 0.3) is 0 Å². The SMILES string of the molecule is C=[N+]1CCCCc2cc(OCc3ccccc3)c3ccccc3c21.Cl. The van der Waals surface area contributed by atoms with Crippen LogP contribution >= 0.6 is 12.4 Å². The van der Waals surface area contributed by atoms with Crippen molar-refractivity contribution in [2.75, 3.05) is 6.54 Å². The van der Waals surface area contributed by atoms with E-state index in [1.54, 1.807) is 0 Å². The molecule has 0 spiro atoms. The summed E-state index contributed by atoms with van der Waals surface area (Å²) >= 11 is 0. The summed E-state index contributed by atoms with van der Waals surface area (Å²) in [6.45, 7) is 5.87. The Morgan fingerprint density at radius 3 is 2.44 bits per heavy atom. The summed E-state index contributed by atoms with van der Waals surface area (Å²) in [6.07, 6.45) is 3.48. The zero-order valence-corrected chi connectivity index (χ0v) is 15.1. The fourth-order valence-electron chi connectivity index (χ4n) is 3.53. The van der Waals surface area contributed by atoms with Crippen LogP contribution in [0.2, 0.25) is 0 Å². The van der Waals surface area contributed by atoms with Gasteiger partial charge in [-0.25, -0.2) is 4.58 Å². The Morgan fingerprint density at radius 1 is 0.920 bits per heavy atom. The number of aryl methyl sites for hydroxylation is 1. The number of nitrogens with zero attached hydrogens (tertiary/aromatic N) is 1. The van der Waals surface area contributed by atoms with E-state index in [9.17, 15) is 0 Å². The van der Waals surface area contributed by atoms with Crippen molar-refractivity contribution in [3.8, 4) is 5.75 Å². The summed E-state index contributed by atoms with van der Waals surface area (Å²) in [6, 6.07) is 21.1. The van der Waals surface area contributed by atoms with E-state index in [1.165, 1.54) is 40.4 Å². The van der Waals surface area contributed by atoms with Crippen LogP contribution < -0.4 is 4.74 Å². The highest BCUT2D eigenvalue weighted by Gasteiger charge is 2.22. The van der Waals surface area contributed by atoms with Gasteiger partial charge in [0.1, 0.15) is 25.6 Å². The Bertz CT molecular complexity index is 889. The first-order valence-corrected chi connectivity index (χ1v) is 8.62. The van der Waals surface area contributed by atoms with E-state index in [0.29, 0.717) is 6.61 Å². The van der Waals surface area contributed by atoms with Gasteiger partial charge in [-0.05, 0) is 30.5 Å². The number of ether oxygens (including phenoxy) is 1. The number of hydrogen-bond acceptors (Lipinski definition) is 1. The van der Waals surface area contributed by atoms with Gasteiger partial charge in [0.15, 0.2) is 0 Å². The standard InChI is InChI=1S/C22H22NO.ClH/c1-23-14-8-7-11-18-15-21(24-16-17-9-3-2-4-10-17)19-12-5-6-13-20(19)22(18)23;/h2-6,9-10,12-13,15H,1,7-8,11,14,16H2;1H/q+1;. The zero-order chi connectivity index (χ0) is 16.4. The van der Waals surface area contributed by atoms with Crippen molar-refractivity contribution in [3.63, 3.8) is 0 Å². The van der Waals surface area contributed by atoms with Crippen LogP contribution in [0.5, 0.6) is 5.75 Å². The lowest BCUT2D eigenvalue weighted by molar-refractivity contribution is -0.429. The van der Waals surface area contributed by atoms with Gasteiger partial charge in [0, 0.05) is 17.4 Å². The lowest BCUT2D eigenvalue weighted by Crippen LogP contribution is -2.05. The molecule has 0 amide bonds. The summed E-state index contributed by atoms with van der Waals surface area (Å²) in [5, 5.41) is 2.41. The molecule has 0 saturated heterocycles. The topological polar surface area (TPSA) is 12.2 Å². The Kier molecular flexibility index (Phi) is 5.40. The lowest BCUT2D eigenvalue weighted by Gasteiger charge is -2.13. The van der Waals surface area contributed by atoms with Crippen LogP contribution in [0.1, 0.15) is 24.0 Å². The first-order chi connectivity index (χ1) is 11.8. The van der Waals surface area contributed by atoms with E-state index in [1.807, 2.05) is 6.07 Å². The van der Waals surface area contributed by atoms with Gasteiger partial charge in [-0.1, -0.05) is 48.5 Å². The van der Waals surface area contributed by atoms with Crippen LogP contribution in [-0.2, 0) is 13.0 Å². The van der Waals surface area contributed by atoms with Gasteiger partial charge < -0.3 is 4.74 Å². The molecule has 3 aromatic rings. The minimum atomic E-state index is 0. The molecule has 0 atom stereocenters. The van der Waals surface area contributed by atoms with Crippen LogP contribution in [-0.4, -0.2) is 17.8 Å². The second-order valence-electron chi connectivity index (χ2n) is 6.42. The van der Waals surface area contributed by atoms with E-state index in [2.05, 4.69) is 65.9 Å². The number of fused-ring (bicyclic) bond motifs is 3. The Hall–Kier alpha value is -2.32. The number of halogens is 1. The van der Waals surface area contributed by atoms with Crippen LogP contribution in [0.4, 0.5) is 5.69 Å². The zero-order valence-electron chi connectivity index (χ0n) is 14.3. The predicted octanol–water partition coefficient (Wildman–Crippen LogP) is 5.52. The average Bonchev–Trinajstić information content (AvgIpc) is 2.82. The minimum Gasteiger partial charge on any atom is -0.488 e. The predicted molar refractivity (Wildman–Crippen MR) is 107 cm³/mol. The fraction of sp³-hybridized carbons (Fsp3) is 0.227. The maximum absolute atomic E-state index is 6.21.